The van der Waals surface area contributed by atoms with Gasteiger partial charge in [0.2, 0.25) is 0 Å². The predicted molar refractivity (Wildman–Crippen MR) is 25.0 cm³/mol. The molecule has 0 rings (SSSR count). The topological polar surface area (TPSA) is 17.1 Å². The van der Waals surface area contributed by atoms with E-state index in [1.807, 2.05) is 0 Å². The van der Waals surface area contributed by atoms with Crippen molar-refractivity contribution in [2.24, 2.45) is 0 Å². The van der Waals surface area contributed by atoms with Crippen LogP contribution in [-0.2, 0) is 4.57 Å². The van der Waals surface area contributed by atoms with Crippen LogP contribution in [0.2, 0.25) is 0 Å². The van der Waals surface area contributed by atoms with Gasteiger partial charge in [0, 0.05) is 0 Å². The van der Waals surface area contributed by atoms with Crippen LogP contribution in [0.25, 0.3) is 0 Å². The van der Waals surface area contributed by atoms with Crippen molar-refractivity contribution in [3.63, 3.8) is 0 Å². The van der Waals surface area contributed by atoms with E-state index >= 15 is 0 Å². The number of halogens is 2. The highest BCUT2D eigenvalue weighted by molar-refractivity contribution is 7.52. The third kappa shape index (κ3) is 6.09. The molecule has 0 aromatic heterocycles. The summed E-state index contributed by atoms with van der Waals surface area (Å²) < 4.78 is 32.0. The molecule has 0 aliphatic carbocycles. The maximum absolute atomic E-state index is 11.3. The smallest absolute Gasteiger partial charge is 0.250 e. The summed E-state index contributed by atoms with van der Waals surface area (Å²) in [7, 11) is -4.67. The third-order valence-electron chi connectivity index (χ3n) is 0.484. The van der Waals surface area contributed by atoms with Crippen molar-refractivity contribution in [3.05, 3.63) is 0 Å². The molecule has 0 amide bonds. The zero-order chi connectivity index (χ0) is 5.91. The molecule has 0 fully saturated rings. The molecular weight excluding hydrogens is 121 g/mol. The molecule has 0 unspecified atom stereocenters. The second-order valence-corrected chi connectivity index (χ2v) is 2.88. The van der Waals surface area contributed by atoms with Crippen LogP contribution in [0.15, 0.2) is 0 Å². The largest absolute Gasteiger partial charge is 0.402 e. The molecule has 0 aromatic rings. The normalized spacial score (nSPS) is 11.9. The van der Waals surface area contributed by atoms with Crippen molar-refractivity contribution in [3.8, 4) is 0 Å². The Hall–Kier alpha value is 0.0900. The van der Waals surface area contributed by atoms with Gasteiger partial charge in [-0.25, -0.2) is 0 Å². The van der Waals surface area contributed by atoms with Crippen molar-refractivity contribution < 1.29 is 13.0 Å². The predicted octanol–water partition coefficient (Wildman–Crippen LogP) is 2.53. The summed E-state index contributed by atoms with van der Waals surface area (Å²) in [4.78, 5) is 0. The Bertz CT molecular complexity index is 86.9. The molecule has 0 aliphatic rings. The average molecular weight is 128 g/mol. The van der Waals surface area contributed by atoms with Gasteiger partial charge in [-0.3, -0.25) is 4.57 Å². The first kappa shape index (κ1) is 7.09. The molecule has 0 saturated carbocycles. The van der Waals surface area contributed by atoms with Crippen LogP contribution in [0.3, 0.4) is 0 Å². The summed E-state index contributed by atoms with van der Waals surface area (Å²) in [5.41, 5.74) is 0. The quantitative estimate of drug-likeness (QED) is 0.522. The van der Waals surface area contributed by atoms with Crippen molar-refractivity contribution in [2.45, 2.75) is 13.3 Å². The van der Waals surface area contributed by atoms with E-state index in [0.717, 1.165) is 0 Å². The molecule has 0 radical (unpaired) electrons. The zero-order valence-corrected chi connectivity index (χ0v) is 4.92. The average Bonchev–Trinajstić information content (AvgIpc) is 1.30. The van der Waals surface area contributed by atoms with E-state index in [4.69, 9.17) is 0 Å². The minimum atomic E-state index is -4.67. The van der Waals surface area contributed by atoms with E-state index in [0.29, 0.717) is 6.42 Å². The Morgan fingerprint density at radius 3 is 2.00 bits per heavy atom. The summed E-state index contributed by atoms with van der Waals surface area (Å²) in [6, 6.07) is 0. The van der Waals surface area contributed by atoms with Gasteiger partial charge >= 0.3 is 7.76 Å². The summed E-state index contributed by atoms with van der Waals surface area (Å²) in [5.74, 6) is 0. The molecule has 4 heteroatoms. The molecule has 0 aromatic carbocycles. The SMILES string of the molecule is CCCP(=O)(F)F. The molecule has 0 aliphatic heterocycles. The highest BCUT2D eigenvalue weighted by atomic mass is 31.2. The summed E-state index contributed by atoms with van der Waals surface area (Å²) in [6.07, 6.45) is -0.142. The van der Waals surface area contributed by atoms with E-state index in [1.54, 1.807) is 6.92 Å². The fourth-order valence-corrected chi connectivity index (χ4v) is 0.781. The second-order valence-electron chi connectivity index (χ2n) is 1.29. The molecular formula is C3H7F2OP. The minimum Gasteiger partial charge on any atom is -0.250 e. The lowest BCUT2D eigenvalue weighted by atomic mass is 10.6. The molecule has 1 nitrogen and oxygen atoms in total. The van der Waals surface area contributed by atoms with Crippen molar-refractivity contribution >= 4 is 7.76 Å². The second kappa shape index (κ2) is 2.41. The number of rotatable bonds is 2. The fraction of sp³-hybridized carbons (Fsp3) is 1.00. The molecule has 0 heterocycles. The molecule has 0 spiro atoms. The van der Waals surface area contributed by atoms with Crippen molar-refractivity contribution in [2.75, 3.05) is 6.16 Å². The van der Waals surface area contributed by atoms with Gasteiger partial charge in [0.15, 0.2) is 0 Å². The Morgan fingerprint density at radius 2 is 2.00 bits per heavy atom. The highest BCUT2D eigenvalue weighted by Gasteiger charge is 2.15. The van der Waals surface area contributed by atoms with Gasteiger partial charge in [0.1, 0.15) is 0 Å². The number of hydrogen-bond donors (Lipinski definition) is 0. The standard InChI is InChI=1S/C3H7F2OP/c1-2-3-7(4,5)6/h2-3H2,1H3. The first-order chi connectivity index (χ1) is 3.06. The first-order valence-electron chi connectivity index (χ1n) is 2.04. The van der Waals surface area contributed by atoms with Crippen molar-refractivity contribution in [1.29, 1.82) is 0 Å². The van der Waals surface area contributed by atoms with Gasteiger partial charge in [-0.1, -0.05) is 6.92 Å². The summed E-state index contributed by atoms with van der Waals surface area (Å²) in [6.45, 7) is 1.58. The molecule has 0 atom stereocenters. The van der Waals surface area contributed by atoms with Gasteiger partial charge in [-0.05, 0) is 6.42 Å². The van der Waals surface area contributed by atoms with Gasteiger partial charge in [-0.15, -0.1) is 0 Å². The monoisotopic (exact) mass is 128 g/mol. The fourth-order valence-electron chi connectivity index (χ4n) is 0.260. The molecule has 0 N–H and O–H groups in total. The van der Waals surface area contributed by atoms with Crippen LogP contribution in [0.5, 0.6) is 0 Å². The van der Waals surface area contributed by atoms with Crippen LogP contribution in [0.1, 0.15) is 13.3 Å². The maximum atomic E-state index is 11.3. The van der Waals surface area contributed by atoms with E-state index < -0.39 is 13.9 Å². The highest BCUT2D eigenvalue weighted by Crippen LogP contribution is 2.49. The zero-order valence-electron chi connectivity index (χ0n) is 4.03. The summed E-state index contributed by atoms with van der Waals surface area (Å²) >= 11 is 0. The first-order valence-corrected chi connectivity index (χ1v) is 3.72. The van der Waals surface area contributed by atoms with Gasteiger partial charge in [0.25, 0.3) is 0 Å². The van der Waals surface area contributed by atoms with Crippen LogP contribution in [-0.4, -0.2) is 6.16 Å². The van der Waals surface area contributed by atoms with Crippen molar-refractivity contribution in [1.82, 2.24) is 0 Å². The lowest BCUT2D eigenvalue weighted by molar-refractivity contribution is 0.493. The van der Waals surface area contributed by atoms with Crippen LogP contribution in [0.4, 0.5) is 8.39 Å². The summed E-state index contributed by atoms with van der Waals surface area (Å²) in [5, 5.41) is 0. The van der Waals surface area contributed by atoms with E-state index in [1.165, 1.54) is 0 Å². The van der Waals surface area contributed by atoms with Gasteiger partial charge in [-0.2, -0.15) is 8.39 Å². The maximum Gasteiger partial charge on any atom is 0.402 e. The molecule has 0 saturated heterocycles. The van der Waals surface area contributed by atoms with Crippen LogP contribution >= 0.6 is 7.76 Å². The molecule has 7 heavy (non-hydrogen) atoms. The Labute approximate surface area is 41.3 Å². The van der Waals surface area contributed by atoms with Crippen LogP contribution < -0.4 is 0 Å². The Balaban J connectivity index is 3.36. The molecule has 44 valence electrons. The third-order valence-corrected chi connectivity index (χ3v) is 1.45. The lowest BCUT2D eigenvalue weighted by Crippen LogP contribution is -1.71. The lowest BCUT2D eigenvalue weighted by Gasteiger charge is -1.89. The van der Waals surface area contributed by atoms with E-state index in [9.17, 15) is 13.0 Å². The van der Waals surface area contributed by atoms with E-state index in [2.05, 4.69) is 0 Å². The van der Waals surface area contributed by atoms with Crippen LogP contribution in [0, 0.1) is 0 Å². The Kier molecular flexibility index (Phi) is 2.44. The van der Waals surface area contributed by atoms with E-state index in [-0.39, 0.29) is 0 Å². The van der Waals surface area contributed by atoms with Gasteiger partial charge < -0.3 is 0 Å². The minimum absolute atomic E-state index is 0.296. The Morgan fingerprint density at radius 1 is 1.57 bits per heavy atom. The van der Waals surface area contributed by atoms with Gasteiger partial charge in [0.05, 0.1) is 6.16 Å². The molecule has 0 bridgehead atoms. The number of hydrogen-bond acceptors (Lipinski definition) is 1.